The van der Waals surface area contributed by atoms with Crippen molar-refractivity contribution in [3.63, 3.8) is 0 Å². The van der Waals surface area contributed by atoms with Gasteiger partial charge in [0.15, 0.2) is 0 Å². The largest absolute Gasteiger partial charge is 0.401 e. The number of aliphatic hydroxyl groups excluding tert-OH is 2. The predicted octanol–water partition coefficient (Wildman–Crippen LogP) is 1.16. The van der Waals surface area contributed by atoms with Gasteiger partial charge in [0.25, 0.3) is 0 Å². The number of benzene rings is 1. The van der Waals surface area contributed by atoms with E-state index < -0.39 is 25.4 Å². The number of nitrogen functional groups attached to an aromatic ring is 1. The molecule has 1 atom stereocenters. The Kier molecular flexibility index (Phi) is 5.59. The van der Waals surface area contributed by atoms with Crippen molar-refractivity contribution in [2.24, 2.45) is 0 Å². The molecule has 108 valence electrons. The Labute approximate surface area is 109 Å². The van der Waals surface area contributed by atoms with Crippen LogP contribution in [0.25, 0.3) is 0 Å². The molecule has 0 radical (unpaired) electrons. The highest BCUT2D eigenvalue weighted by atomic mass is 19.4. The molecule has 0 aliphatic carbocycles. The van der Waals surface area contributed by atoms with Crippen LogP contribution in [0.3, 0.4) is 0 Å². The minimum atomic E-state index is -4.37. The van der Waals surface area contributed by atoms with Crippen LogP contribution in [-0.4, -0.2) is 47.5 Å². The number of rotatable bonds is 6. The molecule has 4 nitrogen and oxygen atoms in total. The summed E-state index contributed by atoms with van der Waals surface area (Å²) in [5.74, 6) is 0. The van der Waals surface area contributed by atoms with E-state index in [9.17, 15) is 18.3 Å². The zero-order valence-electron chi connectivity index (χ0n) is 10.3. The summed E-state index contributed by atoms with van der Waals surface area (Å²) in [6.45, 7) is -1.95. The maximum Gasteiger partial charge on any atom is 0.401 e. The van der Waals surface area contributed by atoms with Gasteiger partial charge in [-0.05, 0) is 17.7 Å². The monoisotopic (exact) mass is 278 g/mol. The highest BCUT2D eigenvalue weighted by molar-refractivity contribution is 5.41. The van der Waals surface area contributed by atoms with Crippen LogP contribution in [0.1, 0.15) is 11.7 Å². The molecule has 0 saturated carbocycles. The molecule has 1 aromatic carbocycles. The molecule has 0 fully saturated rings. The van der Waals surface area contributed by atoms with Crippen molar-refractivity contribution >= 4 is 5.69 Å². The number of anilines is 1. The van der Waals surface area contributed by atoms with E-state index in [1.165, 1.54) is 6.07 Å². The Bertz CT molecular complexity index is 399. The Morgan fingerprint density at radius 2 is 2.00 bits per heavy atom. The van der Waals surface area contributed by atoms with E-state index in [1.807, 2.05) is 0 Å². The molecule has 0 spiro atoms. The number of alkyl halides is 3. The zero-order valence-corrected chi connectivity index (χ0v) is 10.3. The van der Waals surface area contributed by atoms with Gasteiger partial charge in [0.2, 0.25) is 0 Å². The van der Waals surface area contributed by atoms with E-state index in [-0.39, 0.29) is 13.1 Å². The first-order valence-electron chi connectivity index (χ1n) is 5.75. The third-order valence-electron chi connectivity index (χ3n) is 2.55. The first-order chi connectivity index (χ1) is 8.81. The molecular formula is C12H17F3N2O2. The van der Waals surface area contributed by atoms with Crippen LogP contribution >= 0.6 is 0 Å². The number of halogens is 3. The first kappa shape index (κ1) is 15.7. The van der Waals surface area contributed by atoms with E-state index in [2.05, 4.69) is 0 Å². The van der Waals surface area contributed by atoms with Gasteiger partial charge in [0, 0.05) is 18.8 Å². The van der Waals surface area contributed by atoms with Crippen LogP contribution in [0.15, 0.2) is 24.3 Å². The van der Waals surface area contributed by atoms with Gasteiger partial charge in [-0.2, -0.15) is 13.2 Å². The molecule has 0 bridgehead atoms. The van der Waals surface area contributed by atoms with E-state index in [0.717, 1.165) is 4.90 Å². The minimum Gasteiger partial charge on any atom is -0.399 e. The molecule has 1 aromatic rings. The van der Waals surface area contributed by atoms with Crippen molar-refractivity contribution in [3.05, 3.63) is 29.8 Å². The van der Waals surface area contributed by atoms with Crippen LogP contribution in [0.4, 0.5) is 18.9 Å². The summed E-state index contributed by atoms with van der Waals surface area (Å²) in [6, 6.07) is 6.34. The Morgan fingerprint density at radius 1 is 1.32 bits per heavy atom. The molecule has 0 heterocycles. The van der Waals surface area contributed by atoms with Crippen molar-refractivity contribution in [2.75, 3.05) is 32.0 Å². The topological polar surface area (TPSA) is 69.7 Å². The fourth-order valence-corrected chi connectivity index (χ4v) is 1.75. The molecule has 0 aliphatic rings. The summed E-state index contributed by atoms with van der Waals surface area (Å²) >= 11 is 0. The Hall–Kier alpha value is -1.31. The van der Waals surface area contributed by atoms with E-state index in [1.54, 1.807) is 18.2 Å². The predicted molar refractivity (Wildman–Crippen MR) is 65.4 cm³/mol. The zero-order chi connectivity index (χ0) is 14.5. The molecule has 1 unspecified atom stereocenters. The molecule has 0 saturated heterocycles. The van der Waals surface area contributed by atoms with E-state index >= 15 is 0 Å². The SMILES string of the molecule is Nc1cccc(C(O)CN(CCO)CC(F)(F)F)c1. The molecule has 0 aromatic heterocycles. The van der Waals surface area contributed by atoms with Crippen molar-refractivity contribution in [1.29, 1.82) is 0 Å². The Balaban J connectivity index is 2.68. The molecule has 7 heteroatoms. The highest BCUT2D eigenvalue weighted by Crippen LogP contribution is 2.20. The van der Waals surface area contributed by atoms with Gasteiger partial charge in [0.05, 0.1) is 19.3 Å². The van der Waals surface area contributed by atoms with Crippen molar-refractivity contribution in [2.45, 2.75) is 12.3 Å². The van der Waals surface area contributed by atoms with Crippen molar-refractivity contribution < 1.29 is 23.4 Å². The third kappa shape index (κ3) is 5.91. The molecule has 0 amide bonds. The van der Waals surface area contributed by atoms with Gasteiger partial charge in [-0.15, -0.1) is 0 Å². The van der Waals surface area contributed by atoms with Gasteiger partial charge >= 0.3 is 6.18 Å². The average molecular weight is 278 g/mol. The molecule has 4 N–H and O–H groups in total. The van der Waals surface area contributed by atoms with E-state index in [4.69, 9.17) is 10.8 Å². The summed E-state index contributed by atoms with van der Waals surface area (Å²) < 4.78 is 37.0. The van der Waals surface area contributed by atoms with E-state index in [0.29, 0.717) is 11.3 Å². The minimum absolute atomic E-state index is 0.154. The van der Waals surface area contributed by atoms with Gasteiger partial charge in [-0.3, -0.25) is 4.90 Å². The summed E-state index contributed by atoms with van der Waals surface area (Å²) in [5.41, 5.74) is 6.42. The van der Waals surface area contributed by atoms with Crippen LogP contribution in [-0.2, 0) is 0 Å². The number of aliphatic hydroxyl groups is 2. The quantitative estimate of drug-likeness (QED) is 0.683. The second kappa shape index (κ2) is 6.74. The molecule has 1 rings (SSSR count). The summed E-state index contributed by atoms with van der Waals surface area (Å²) in [5, 5.41) is 18.6. The number of nitrogens with two attached hydrogens (primary N) is 1. The lowest BCUT2D eigenvalue weighted by atomic mass is 10.1. The van der Waals surface area contributed by atoms with Crippen molar-refractivity contribution in [1.82, 2.24) is 4.90 Å². The fraction of sp³-hybridized carbons (Fsp3) is 0.500. The smallest absolute Gasteiger partial charge is 0.399 e. The lowest BCUT2D eigenvalue weighted by Gasteiger charge is -2.25. The normalized spacial score (nSPS) is 13.8. The maximum absolute atomic E-state index is 12.3. The Morgan fingerprint density at radius 3 is 2.53 bits per heavy atom. The number of hydrogen-bond acceptors (Lipinski definition) is 4. The van der Waals surface area contributed by atoms with Crippen molar-refractivity contribution in [3.8, 4) is 0 Å². The lowest BCUT2D eigenvalue weighted by Crippen LogP contribution is -2.38. The second-order valence-corrected chi connectivity index (χ2v) is 4.26. The fourth-order valence-electron chi connectivity index (χ4n) is 1.75. The van der Waals surface area contributed by atoms with Gasteiger partial charge in [0.1, 0.15) is 0 Å². The van der Waals surface area contributed by atoms with Crippen LogP contribution in [0.2, 0.25) is 0 Å². The summed E-state index contributed by atoms with van der Waals surface area (Å²) in [6.07, 6.45) is -5.46. The summed E-state index contributed by atoms with van der Waals surface area (Å²) in [4.78, 5) is 0.952. The van der Waals surface area contributed by atoms with Crippen LogP contribution in [0.5, 0.6) is 0 Å². The third-order valence-corrected chi connectivity index (χ3v) is 2.55. The molecule has 0 aliphatic heterocycles. The van der Waals surface area contributed by atoms with Crippen LogP contribution < -0.4 is 5.73 Å². The first-order valence-corrected chi connectivity index (χ1v) is 5.75. The van der Waals surface area contributed by atoms with Gasteiger partial charge in [-0.25, -0.2) is 0 Å². The van der Waals surface area contributed by atoms with Crippen LogP contribution in [0, 0.1) is 0 Å². The second-order valence-electron chi connectivity index (χ2n) is 4.26. The van der Waals surface area contributed by atoms with Gasteiger partial charge < -0.3 is 15.9 Å². The average Bonchev–Trinajstić information content (AvgIpc) is 2.27. The lowest BCUT2D eigenvalue weighted by molar-refractivity contribution is -0.149. The summed E-state index contributed by atoms with van der Waals surface area (Å²) in [7, 11) is 0. The standard InChI is InChI=1S/C12H17F3N2O2/c13-12(14,15)8-17(4-5-18)7-11(19)9-2-1-3-10(16)6-9/h1-3,6,11,18-19H,4-5,7-8,16H2. The maximum atomic E-state index is 12.3. The molecular weight excluding hydrogens is 261 g/mol. The molecule has 19 heavy (non-hydrogen) atoms. The highest BCUT2D eigenvalue weighted by Gasteiger charge is 2.31. The van der Waals surface area contributed by atoms with Gasteiger partial charge in [-0.1, -0.05) is 12.1 Å². The number of hydrogen-bond donors (Lipinski definition) is 3. The number of nitrogens with zero attached hydrogens (tertiary/aromatic N) is 1.